The van der Waals surface area contributed by atoms with Crippen LogP contribution < -0.4 is 4.74 Å². The zero-order chi connectivity index (χ0) is 17.2. The maximum atomic E-state index is 12.3. The molecule has 1 aromatic rings. The van der Waals surface area contributed by atoms with Gasteiger partial charge in [0, 0.05) is 18.7 Å². The Morgan fingerprint density at radius 3 is 2.48 bits per heavy atom. The van der Waals surface area contributed by atoms with E-state index in [9.17, 15) is 13.2 Å². The van der Waals surface area contributed by atoms with Crippen molar-refractivity contribution in [3.8, 4) is 5.75 Å². The molecular formula is C14H16Cl3NO4S. The van der Waals surface area contributed by atoms with Gasteiger partial charge in [0.05, 0.1) is 26.6 Å². The highest BCUT2D eigenvalue weighted by molar-refractivity contribution is 7.91. The summed E-state index contributed by atoms with van der Waals surface area (Å²) in [6, 6.07) is 2.58. The van der Waals surface area contributed by atoms with Gasteiger partial charge in [0.25, 0.3) is 5.91 Å². The monoisotopic (exact) mass is 399 g/mol. The Morgan fingerprint density at radius 1 is 1.26 bits per heavy atom. The quantitative estimate of drug-likeness (QED) is 0.713. The molecule has 0 spiro atoms. The van der Waals surface area contributed by atoms with Crippen molar-refractivity contribution >= 4 is 50.5 Å². The standard InChI is InChI=1S/C14H16Cl3NO4S/c1-2-18(9-3-4-23(20,21)8-9)14(19)7-22-13-6-11(16)10(15)5-12(13)17/h5-6,9H,2-4,7-8H2,1H3/t9-/m0/s1. The molecule has 9 heteroatoms. The van der Waals surface area contributed by atoms with E-state index >= 15 is 0 Å². The summed E-state index contributed by atoms with van der Waals surface area (Å²) in [6.07, 6.45) is 0.454. The highest BCUT2D eigenvalue weighted by atomic mass is 35.5. The van der Waals surface area contributed by atoms with Crippen LogP contribution in [0.2, 0.25) is 15.1 Å². The van der Waals surface area contributed by atoms with Gasteiger partial charge in [-0.3, -0.25) is 4.79 Å². The number of ether oxygens (including phenoxy) is 1. The number of halogens is 3. The number of amides is 1. The number of benzene rings is 1. The molecular weight excluding hydrogens is 385 g/mol. The van der Waals surface area contributed by atoms with E-state index in [4.69, 9.17) is 39.5 Å². The first-order valence-corrected chi connectivity index (χ1v) is 9.96. The molecule has 0 aromatic heterocycles. The van der Waals surface area contributed by atoms with Crippen LogP contribution in [0.4, 0.5) is 0 Å². The smallest absolute Gasteiger partial charge is 0.260 e. The average molecular weight is 401 g/mol. The Balaban J connectivity index is 2.02. The van der Waals surface area contributed by atoms with Gasteiger partial charge in [-0.2, -0.15) is 0 Å². The molecule has 0 radical (unpaired) electrons. The zero-order valence-electron chi connectivity index (χ0n) is 12.4. The van der Waals surface area contributed by atoms with E-state index in [0.717, 1.165) is 0 Å². The first-order chi connectivity index (χ1) is 10.7. The molecule has 1 fully saturated rings. The largest absolute Gasteiger partial charge is 0.482 e. The molecule has 1 aromatic carbocycles. The van der Waals surface area contributed by atoms with Crippen LogP contribution in [-0.4, -0.2) is 49.9 Å². The summed E-state index contributed by atoms with van der Waals surface area (Å²) in [6.45, 7) is 1.97. The van der Waals surface area contributed by atoms with Gasteiger partial charge in [-0.1, -0.05) is 34.8 Å². The van der Waals surface area contributed by atoms with Crippen molar-refractivity contribution in [3.05, 3.63) is 27.2 Å². The van der Waals surface area contributed by atoms with Crippen LogP contribution in [0.3, 0.4) is 0 Å². The molecule has 23 heavy (non-hydrogen) atoms. The van der Waals surface area contributed by atoms with Gasteiger partial charge in [0.15, 0.2) is 16.4 Å². The molecule has 1 atom stereocenters. The third-order valence-corrected chi connectivity index (χ3v) is 6.40. The normalized spacial score (nSPS) is 19.6. The van der Waals surface area contributed by atoms with E-state index < -0.39 is 9.84 Å². The van der Waals surface area contributed by atoms with Crippen molar-refractivity contribution in [2.75, 3.05) is 24.7 Å². The highest BCUT2D eigenvalue weighted by Gasteiger charge is 2.34. The molecule has 1 aliphatic heterocycles. The first kappa shape index (κ1) is 18.6. The highest BCUT2D eigenvalue weighted by Crippen LogP contribution is 2.33. The van der Waals surface area contributed by atoms with Crippen LogP contribution in [0.5, 0.6) is 5.75 Å². The number of nitrogens with zero attached hydrogens (tertiary/aromatic N) is 1. The second kappa shape index (κ2) is 7.47. The molecule has 1 heterocycles. The van der Waals surface area contributed by atoms with Crippen molar-refractivity contribution in [3.63, 3.8) is 0 Å². The molecule has 0 N–H and O–H groups in total. The molecule has 1 aliphatic rings. The van der Waals surface area contributed by atoms with Crippen molar-refractivity contribution in [1.29, 1.82) is 0 Å². The molecule has 1 amide bonds. The lowest BCUT2D eigenvalue weighted by atomic mass is 10.2. The second-order valence-corrected chi connectivity index (χ2v) is 8.67. The predicted molar refractivity (Wildman–Crippen MR) is 91.4 cm³/mol. The maximum absolute atomic E-state index is 12.3. The summed E-state index contributed by atoms with van der Waals surface area (Å²) in [4.78, 5) is 13.8. The Labute approximate surface area is 150 Å². The summed E-state index contributed by atoms with van der Waals surface area (Å²) in [5.41, 5.74) is 0. The summed E-state index contributed by atoms with van der Waals surface area (Å²) < 4.78 is 28.5. The fourth-order valence-electron chi connectivity index (χ4n) is 2.50. The molecule has 128 valence electrons. The SMILES string of the molecule is CCN(C(=O)COc1cc(Cl)c(Cl)cc1Cl)[C@H]1CCS(=O)(=O)C1. The van der Waals surface area contributed by atoms with Gasteiger partial charge in [-0.15, -0.1) is 0 Å². The number of carbonyl (C=O) groups is 1. The van der Waals surface area contributed by atoms with Gasteiger partial charge in [0.2, 0.25) is 0 Å². The number of sulfone groups is 1. The maximum Gasteiger partial charge on any atom is 0.260 e. The van der Waals surface area contributed by atoms with Crippen LogP contribution in [0.1, 0.15) is 13.3 Å². The van der Waals surface area contributed by atoms with E-state index in [1.54, 1.807) is 6.92 Å². The molecule has 1 saturated heterocycles. The van der Waals surface area contributed by atoms with E-state index in [-0.39, 0.29) is 45.9 Å². The van der Waals surface area contributed by atoms with E-state index in [1.165, 1.54) is 17.0 Å². The minimum atomic E-state index is -3.06. The Morgan fingerprint density at radius 2 is 1.91 bits per heavy atom. The molecule has 0 saturated carbocycles. The van der Waals surface area contributed by atoms with Crippen LogP contribution >= 0.6 is 34.8 Å². The molecule has 0 aliphatic carbocycles. The third-order valence-electron chi connectivity index (χ3n) is 3.64. The van der Waals surface area contributed by atoms with Crippen molar-refractivity contribution in [1.82, 2.24) is 4.90 Å². The van der Waals surface area contributed by atoms with Gasteiger partial charge in [-0.25, -0.2) is 8.42 Å². The van der Waals surface area contributed by atoms with Crippen LogP contribution in [0.25, 0.3) is 0 Å². The minimum Gasteiger partial charge on any atom is -0.482 e. The van der Waals surface area contributed by atoms with Crippen LogP contribution in [0.15, 0.2) is 12.1 Å². The average Bonchev–Trinajstić information content (AvgIpc) is 2.82. The zero-order valence-corrected chi connectivity index (χ0v) is 15.5. The number of carbonyl (C=O) groups excluding carboxylic acids is 1. The van der Waals surface area contributed by atoms with Crippen molar-refractivity contribution in [2.45, 2.75) is 19.4 Å². The van der Waals surface area contributed by atoms with Crippen LogP contribution in [0, 0.1) is 0 Å². The lowest BCUT2D eigenvalue weighted by molar-refractivity contribution is -0.135. The van der Waals surface area contributed by atoms with Gasteiger partial charge < -0.3 is 9.64 Å². The molecule has 2 rings (SSSR count). The molecule has 0 bridgehead atoms. The third kappa shape index (κ3) is 4.66. The van der Waals surface area contributed by atoms with E-state index in [1.807, 2.05) is 0 Å². The fraction of sp³-hybridized carbons (Fsp3) is 0.500. The second-order valence-electron chi connectivity index (χ2n) is 5.22. The van der Waals surface area contributed by atoms with Gasteiger partial charge in [-0.05, 0) is 19.4 Å². The predicted octanol–water partition coefficient (Wildman–Crippen LogP) is 3.06. The van der Waals surface area contributed by atoms with Crippen LogP contribution in [-0.2, 0) is 14.6 Å². The summed E-state index contributed by atoms with van der Waals surface area (Å²) >= 11 is 17.7. The minimum absolute atomic E-state index is 0.000108. The van der Waals surface area contributed by atoms with Gasteiger partial charge in [0.1, 0.15) is 5.75 Å². The molecule has 5 nitrogen and oxygen atoms in total. The Bertz CT molecular complexity index is 708. The lowest BCUT2D eigenvalue weighted by Gasteiger charge is -2.26. The molecule has 0 unspecified atom stereocenters. The van der Waals surface area contributed by atoms with Crippen molar-refractivity contribution < 1.29 is 17.9 Å². The van der Waals surface area contributed by atoms with Gasteiger partial charge >= 0.3 is 0 Å². The summed E-state index contributed by atoms with van der Waals surface area (Å²) in [5.74, 6) is 0.0716. The number of likely N-dealkylation sites (N-methyl/N-ethyl adjacent to an activating group) is 1. The number of hydrogen-bond acceptors (Lipinski definition) is 4. The van der Waals surface area contributed by atoms with Crippen molar-refractivity contribution in [2.24, 2.45) is 0 Å². The Kier molecular flexibility index (Phi) is 6.05. The topological polar surface area (TPSA) is 63.7 Å². The fourth-order valence-corrected chi connectivity index (χ4v) is 4.82. The van der Waals surface area contributed by atoms with E-state index in [0.29, 0.717) is 18.0 Å². The van der Waals surface area contributed by atoms with E-state index in [2.05, 4.69) is 0 Å². The Hall–Kier alpha value is -0.690. The number of rotatable bonds is 5. The summed E-state index contributed by atoms with van der Waals surface area (Å²) in [7, 11) is -3.06. The summed E-state index contributed by atoms with van der Waals surface area (Å²) in [5, 5.41) is 0.813. The lowest BCUT2D eigenvalue weighted by Crippen LogP contribution is -2.43. The number of hydrogen-bond donors (Lipinski definition) is 0. The first-order valence-electron chi connectivity index (χ1n) is 7.00.